The number of hydrogen-bond acceptors (Lipinski definition) is 10. The van der Waals surface area contributed by atoms with Crippen LogP contribution in [-0.4, -0.2) is 120 Å². The van der Waals surface area contributed by atoms with Gasteiger partial charge in [0.2, 0.25) is 41.4 Å². The SMILES string of the molecule is CC(=O)NCC(=O)N[C@@H](CCCN=C(N)N)C(=O)N1CCC[C@H]1C(=O)N[C@@H](CCCN=C(N)N)C(=O)Nc1ccc(C(=O)N[C@H](C(=O)N[C@@H](Cc2ccccc2)C(=O)NCc2ccccc2)C(C)C)c(-c2cccc3ccccc23)c1. The summed E-state index contributed by atoms with van der Waals surface area (Å²) in [6.45, 7) is 5.19. The number of rotatable bonds is 27. The van der Waals surface area contributed by atoms with Crippen LogP contribution in [0.15, 0.2) is 131 Å². The van der Waals surface area contributed by atoms with Crippen molar-refractivity contribution in [2.24, 2.45) is 38.8 Å². The predicted octanol–water partition coefficient (Wildman–Crippen LogP) is 2.45. The van der Waals surface area contributed by atoms with Gasteiger partial charge in [0.25, 0.3) is 5.91 Å². The van der Waals surface area contributed by atoms with Crippen LogP contribution in [0.25, 0.3) is 21.9 Å². The summed E-state index contributed by atoms with van der Waals surface area (Å²) in [6, 6.07) is 31.3. The Morgan fingerprint density at radius 3 is 1.91 bits per heavy atom. The summed E-state index contributed by atoms with van der Waals surface area (Å²) < 4.78 is 0. The summed E-state index contributed by atoms with van der Waals surface area (Å²) >= 11 is 0. The second kappa shape index (κ2) is 30.1. The van der Waals surface area contributed by atoms with Gasteiger partial charge in [-0.15, -0.1) is 0 Å². The molecule has 0 spiro atoms. The number of amides is 8. The summed E-state index contributed by atoms with van der Waals surface area (Å²) in [5, 5.41) is 21.4. The topological polar surface area (TPSA) is 353 Å². The number of nitrogens with zero attached hydrogens (tertiary/aromatic N) is 3. The van der Waals surface area contributed by atoms with Crippen LogP contribution < -0.4 is 60.2 Å². The summed E-state index contributed by atoms with van der Waals surface area (Å²) in [7, 11) is 0. The second-order valence-corrected chi connectivity index (χ2v) is 20.1. The molecule has 0 saturated carbocycles. The normalized spacial score (nSPS) is 14.3. The van der Waals surface area contributed by atoms with Gasteiger partial charge in [0.15, 0.2) is 11.9 Å². The molecule has 0 aromatic heterocycles. The first-order valence-corrected chi connectivity index (χ1v) is 27.0. The number of nitrogens with one attached hydrogen (secondary N) is 7. The third kappa shape index (κ3) is 18.4. The number of benzene rings is 5. The zero-order valence-corrected chi connectivity index (χ0v) is 45.9. The first kappa shape index (κ1) is 60.9. The minimum absolute atomic E-state index is 0.0673. The average molecular weight is 1110 g/mol. The number of anilines is 1. The second-order valence-electron chi connectivity index (χ2n) is 20.1. The molecule has 428 valence electrons. The molecule has 6 rings (SSSR count). The standard InChI is InChI=1S/C59H74N14O8/c1-36(2)51(56(80)71-48(32-38-16-6-4-7-17-38)53(77)67-34-39-18-8-5-9-19-39)72-52(76)44-28-27-41(33-45(44)43-23-12-21-40-20-10-11-22-42(40)43)68-54(78)46(24-13-29-64-58(60)61)70-55(79)49-26-15-31-73(49)57(81)47(25-14-30-65-59(62)63)69-50(75)35-66-37(3)74/h4-12,16-23,27-28,33,36,46-49,51H,13-15,24-26,29-32,34-35H2,1-3H3,(H,66,74)(H,67,77)(H,68,78)(H,69,75)(H,70,79)(H,71,80)(H,72,76)(H4,60,61,64)(H4,62,63,65)/t46-,47-,48-,49-,51-/m0/s1. The van der Waals surface area contributed by atoms with Crippen LogP contribution in [0.5, 0.6) is 0 Å². The highest BCUT2D eigenvalue weighted by molar-refractivity contribution is 6.09. The van der Waals surface area contributed by atoms with Gasteiger partial charge in [0, 0.05) is 50.8 Å². The van der Waals surface area contributed by atoms with Crippen molar-refractivity contribution in [3.8, 4) is 11.1 Å². The van der Waals surface area contributed by atoms with Crippen LogP contribution >= 0.6 is 0 Å². The van der Waals surface area contributed by atoms with Gasteiger partial charge in [0.05, 0.1) is 6.54 Å². The van der Waals surface area contributed by atoms with Crippen molar-refractivity contribution in [1.29, 1.82) is 0 Å². The van der Waals surface area contributed by atoms with Gasteiger partial charge in [0.1, 0.15) is 30.2 Å². The Labute approximate surface area is 471 Å². The molecular weight excluding hydrogens is 1030 g/mol. The Kier molecular flexibility index (Phi) is 22.7. The molecule has 1 aliphatic rings. The molecule has 0 aliphatic carbocycles. The van der Waals surface area contributed by atoms with Gasteiger partial charge in [-0.05, 0) is 95.7 Å². The third-order valence-electron chi connectivity index (χ3n) is 13.6. The van der Waals surface area contributed by atoms with E-state index >= 15 is 0 Å². The van der Waals surface area contributed by atoms with Crippen LogP contribution in [0.4, 0.5) is 5.69 Å². The van der Waals surface area contributed by atoms with Gasteiger partial charge >= 0.3 is 0 Å². The number of fused-ring (bicyclic) bond motifs is 1. The van der Waals surface area contributed by atoms with Crippen molar-refractivity contribution < 1.29 is 38.4 Å². The van der Waals surface area contributed by atoms with E-state index in [2.05, 4.69) is 47.2 Å². The third-order valence-corrected chi connectivity index (χ3v) is 13.6. The number of hydrogen-bond donors (Lipinski definition) is 11. The summed E-state index contributed by atoms with van der Waals surface area (Å²) in [4.78, 5) is 120. The lowest BCUT2D eigenvalue weighted by atomic mass is 9.93. The van der Waals surface area contributed by atoms with E-state index in [0.29, 0.717) is 24.0 Å². The maximum Gasteiger partial charge on any atom is 0.252 e. The Hall–Kier alpha value is -9.34. The fourth-order valence-electron chi connectivity index (χ4n) is 9.47. The molecular formula is C59H74N14O8. The highest BCUT2D eigenvalue weighted by Gasteiger charge is 2.39. The number of likely N-dealkylation sites (tertiary alicyclic amines) is 1. The fourth-order valence-corrected chi connectivity index (χ4v) is 9.47. The van der Waals surface area contributed by atoms with Gasteiger partial charge in [-0.25, -0.2) is 0 Å². The zero-order valence-electron chi connectivity index (χ0n) is 45.9. The number of nitrogens with two attached hydrogens (primary N) is 4. The lowest BCUT2D eigenvalue weighted by Gasteiger charge is -2.30. The Bertz CT molecular complexity index is 3070. The quantitative estimate of drug-likeness (QED) is 0.0205. The number of aliphatic imine (C=N–C) groups is 2. The first-order chi connectivity index (χ1) is 38.9. The molecule has 0 bridgehead atoms. The zero-order chi connectivity index (χ0) is 58.4. The maximum absolute atomic E-state index is 14.7. The summed E-state index contributed by atoms with van der Waals surface area (Å²) in [5.74, 6) is -5.12. The van der Waals surface area contributed by atoms with E-state index in [9.17, 15) is 38.4 Å². The Morgan fingerprint density at radius 1 is 0.630 bits per heavy atom. The smallest absolute Gasteiger partial charge is 0.252 e. The van der Waals surface area contributed by atoms with E-state index in [0.717, 1.165) is 21.9 Å². The predicted molar refractivity (Wildman–Crippen MR) is 312 cm³/mol. The molecule has 8 amide bonds. The molecule has 1 aliphatic heterocycles. The molecule has 22 nitrogen and oxygen atoms in total. The highest BCUT2D eigenvalue weighted by atomic mass is 16.2. The largest absolute Gasteiger partial charge is 0.370 e. The molecule has 1 heterocycles. The number of guanidine groups is 2. The van der Waals surface area contributed by atoms with Crippen molar-refractivity contribution in [3.63, 3.8) is 0 Å². The highest BCUT2D eigenvalue weighted by Crippen LogP contribution is 2.34. The number of carbonyl (C=O) groups excluding carboxylic acids is 8. The fraction of sp³-hybridized carbons (Fsp3) is 0.356. The number of carbonyl (C=O) groups is 8. The molecule has 15 N–H and O–H groups in total. The average Bonchev–Trinajstić information content (AvgIpc) is 4.01. The van der Waals surface area contributed by atoms with Crippen LogP contribution in [0.2, 0.25) is 0 Å². The molecule has 1 fully saturated rings. The van der Waals surface area contributed by atoms with Gasteiger partial charge in [-0.2, -0.15) is 0 Å². The monoisotopic (exact) mass is 1110 g/mol. The van der Waals surface area contributed by atoms with Gasteiger partial charge in [-0.1, -0.05) is 117 Å². The molecule has 1 saturated heterocycles. The molecule has 81 heavy (non-hydrogen) atoms. The van der Waals surface area contributed by atoms with Crippen molar-refractivity contribution in [3.05, 3.63) is 138 Å². The van der Waals surface area contributed by atoms with E-state index in [-0.39, 0.29) is 88.0 Å². The summed E-state index contributed by atoms with van der Waals surface area (Å²) in [5.41, 5.74) is 25.4. The molecule has 22 heteroatoms. The minimum atomic E-state index is -1.18. The van der Waals surface area contributed by atoms with Gasteiger partial charge < -0.3 is 65.1 Å². The summed E-state index contributed by atoms with van der Waals surface area (Å²) in [6.07, 6.45) is 1.65. The van der Waals surface area contributed by atoms with Crippen molar-refractivity contribution in [2.45, 2.75) is 102 Å². The molecule has 5 aromatic carbocycles. The van der Waals surface area contributed by atoms with Crippen molar-refractivity contribution in [1.82, 2.24) is 36.8 Å². The lowest BCUT2D eigenvalue weighted by molar-refractivity contribution is -0.142. The van der Waals surface area contributed by atoms with E-state index in [1.165, 1.54) is 11.8 Å². The Morgan fingerprint density at radius 2 is 1.26 bits per heavy atom. The van der Waals surface area contributed by atoms with Crippen LogP contribution in [-0.2, 0) is 46.5 Å². The molecule has 5 aromatic rings. The Balaban J connectivity index is 1.26. The molecule has 0 radical (unpaired) electrons. The first-order valence-electron chi connectivity index (χ1n) is 27.0. The minimum Gasteiger partial charge on any atom is -0.370 e. The van der Waals surface area contributed by atoms with Crippen molar-refractivity contribution >= 4 is 75.6 Å². The molecule has 0 unspecified atom stereocenters. The van der Waals surface area contributed by atoms with Crippen LogP contribution in [0.3, 0.4) is 0 Å². The van der Waals surface area contributed by atoms with E-state index in [4.69, 9.17) is 22.9 Å². The maximum atomic E-state index is 14.7. The molecule has 5 atom stereocenters. The van der Waals surface area contributed by atoms with E-state index in [1.54, 1.807) is 32.0 Å². The lowest BCUT2D eigenvalue weighted by Crippen LogP contribution is -2.56. The van der Waals surface area contributed by atoms with Gasteiger partial charge in [-0.3, -0.25) is 48.3 Å². The van der Waals surface area contributed by atoms with Crippen LogP contribution in [0.1, 0.15) is 80.8 Å². The van der Waals surface area contributed by atoms with Crippen LogP contribution in [0, 0.1) is 5.92 Å². The van der Waals surface area contributed by atoms with Crippen molar-refractivity contribution in [2.75, 3.05) is 31.5 Å². The van der Waals surface area contributed by atoms with E-state index < -0.39 is 83.4 Å². The van der Waals surface area contributed by atoms with E-state index in [1.807, 2.05) is 103 Å².